The van der Waals surface area contributed by atoms with Crippen molar-refractivity contribution in [1.82, 2.24) is 15.2 Å². The van der Waals surface area contributed by atoms with Crippen molar-refractivity contribution >= 4 is 16.8 Å². The Morgan fingerprint density at radius 1 is 1.05 bits per heavy atom. The van der Waals surface area contributed by atoms with E-state index in [1.165, 1.54) is 10.9 Å². The first-order valence-corrected chi connectivity index (χ1v) is 13.6. The Kier molecular flexibility index (Phi) is 8.74. The third-order valence-corrected chi connectivity index (χ3v) is 7.34. The zero-order valence-corrected chi connectivity index (χ0v) is 22.1. The van der Waals surface area contributed by atoms with Gasteiger partial charge >= 0.3 is 0 Å². The number of ether oxygens (including phenoxy) is 2. The summed E-state index contributed by atoms with van der Waals surface area (Å²) in [5.74, 6) is 0.762. The molecule has 1 fully saturated rings. The molecule has 6 nitrogen and oxygen atoms in total. The predicted molar refractivity (Wildman–Crippen MR) is 152 cm³/mol. The molecule has 1 unspecified atom stereocenters. The number of amides is 1. The molecule has 2 heterocycles. The number of aryl methyl sites for hydroxylation is 1. The van der Waals surface area contributed by atoms with Crippen LogP contribution in [0.25, 0.3) is 10.9 Å². The largest absolute Gasteiger partial charge is 0.489 e. The molecule has 1 atom stereocenters. The highest BCUT2D eigenvalue weighted by Gasteiger charge is 2.23. The number of H-pyrrole nitrogens is 1. The van der Waals surface area contributed by atoms with Crippen LogP contribution in [-0.4, -0.2) is 55.2 Å². The monoisotopic (exact) mass is 511 g/mol. The SMILES string of the molecule is CCc1cccc2c(C(CC(=O)NCCN3CCOCC3)c3cccc(OCc4ccccc4)c3)c[nH]c12. The van der Waals surface area contributed by atoms with Gasteiger partial charge in [-0.25, -0.2) is 0 Å². The predicted octanol–water partition coefficient (Wildman–Crippen LogP) is 5.28. The van der Waals surface area contributed by atoms with Crippen molar-refractivity contribution in [3.63, 3.8) is 0 Å². The van der Waals surface area contributed by atoms with Crippen LogP contribution < -0.4 is 10.1 Å². The first-order valence-electron chi connectivity index (χ1n) is 13.6. The second-order valence-electron chi connectivity index (χ2n) is 9.84. The molecule has 0 bridgehead atoms. The van der Waals surface area contributed by atoms with Crippen molar-refractivity contribution < 1.29 is 14.3 Å². The van der Waals surface area contributed by atoms with Crippen LogP contribution in [0.2, 0.25) is 0 Å². The minimum absolute atomic E-state index is 0.0554. The van der Waals surface area contributed by atoms with Crippen LogP contribution in [0.5, 0.6) is 5.75 Å². The fraction of sp³-hybridized carbons (Fsp3) is 0.344. The van der Waals surface area contributed by atoms with Gasteiger partial charge in [0.15, 0.2) is 0 Å². The molecule has 1 amide bonds. The Bertz CT molecular complexity index is 1330. The van der Waals surface area contributed by atoms with Crippen molar-refractivity contribution in [2.45, 2.75) is 32.3 Å². The van der Waals surface area contributed by atoms with Gasteiger partial charge in [-0.15, -0.1) is 0 Å². The van der Waals surface area contributed by atoms with Gasteiger partial charge in [0.1, 0.15) is 12.4 Å². The van der Waals surface area contributed by atoms with E-state index in [2.05, 4.69) is 70.8 Å². The van der Waals surface area contributed by atoms with Gasteiger partial charge in [0.25, 0.3) is 0 Å². The van der Waals surface area contributed by atoms with Crippen LogP contribution in [0.4, 0.5) is 0 Å². The van der Waals surface area contributed by atoms with Crippen molar-refractivity contribution in [2.75, 3.05) is 39.4 Å². The molecule has 2 N–H and O–H groups in total. The third kappa shape index (κ3) is 6.44. The van der Waals surface area contributed by atoms with Gasteiger partial charge in [-0.2, -0.15) is 0 Å². The van der Waals surface area contributed by atoms with E-state index in [0.29, 0.717) is 19.6 Å². The van der Waals surface area contributed by atoms with Crippen LogP contribution in [-0.2, 0) is 22.6 Å². The molecular weight excluding hydrogens is 474 g/mol. The Labute approximate surface area is 225 Å². The van der Waals surface area contributed by atoms with Crippen molar-refractivity contribution in [3.05, 3.63) is 101 Å². The number of fused-ring (bicyclic) bond motifs is 1. The molecule has 1 saturated heterocycles. The van der Waals surface area contributed by atoms with E-state index in [4.69, 9.17) is 9.47 Å². The average Bonchev–Trinajstić information content (AvgIpc) is 3.40. The number of nitrogens with zero attached hydrogens (tertiary/aromatic N) is 1. The van der Waals surface area contributed by atoms with E-state index in [0.717, 1.165) is 67.2 Å². The molecular formula is C32H37N3O3. The molecule has 4 aromatic rings. The zero-order chi connectivity index (χ0) is 26.2. The molecule has 1 aliphatic rings. The highest BCUT2D eigenvalue weighted by atomic mass is 16.5. The standard InChI is InChI=1S/C32H37N3O3/c1-2-25-10-7-13-28-30(22-34-32(25)28)29(21-31(36)33-14-15-35-16-18-37-19-17-35)26-11-6-12-27(20-26)38-23-24-8-4-3-5-9-24/h3-13,20,22,29,34H,2,14-19,21,23H2,1H3,(H,33,36). The van der Waals surface area contributed by atoms with Gasteiger partial charge in [-0.05, 0) is 40.8 Å². The number of hydrogen-bond acceptors (Lipinski definition) is 4. The second kappa shape index (κ2) is 12.8. The maximum Gasteiger partial charge on any atom is 0.220 e. The number of carbonyl (C=O) groups excluding carboxylic acids is 1. The van der Waals surface area contributed by atoms with E-state index in [-0.39, 0.29) is 11.8 Å². The lowest BCUT2D eigenvalue weighted by Gasteiger charge is -2.26. The molecule has 38 heavy (non-hydrogen) atoms. The normalized spacial score (nSPS) is 14.9. The summed E-state index contributed by atoms with van der Waals surface area (Å²) in [6, 6.07) is 24.8. The average molecular weight is 512 g/mol. The molecule has 3 aromatic carbocycles. The number of rotatable bonds is 11. The lowest BCUT2D eigenvalue weighted by atomic mass is 9.87. The van der Waals surface area contributed by atoms with Gasteiger partial charge in [0, 0.05) is 55.6 Å². The van der Waals surface area contributed by atoms with Crippen molar-refractivity contribution in [2.24, 2.45) is 0 Å². The lowest BCUT2D eigenvalue weighted by Crippen LogP contribution is -2.41. The summed E-state index contributed by atoms with van der Waals surface area (Å²) in [6.45, 7) is 7.52. The van der Waals surface area contributed by atoms with Crippen molar-refractivity contribution in [1.29, 1.82) is 0 Å². The summed E-state index contributed by atoms with van der Waals surface area (Å²) in [5, 5.41) is 4.33. The Balaban J connectivity index is 1.36. The molecule has 0 radical (unpaired) electrons. The number of benzene rings is 3. The van der Waals surface area contributed by atoms with Crippen LogP contribution >= 0.6 is 0 Å². The van der Waals surface area contributed by atoms with Crippen LogP contribution in [0.1, 0.15) is 41.5 Å². The highest BCUT2D eigenvalue weighted by Crippen LogP contribution is 2.36. The number of nitrogens with one attached hydrogen (secondary N) is 2. The van der Waals surface area contributed by atoms with Gasteiger partial charge in [-0.3, -0.25) is 9.69 Å². The minimum Gasteiger partial charge on any atom is -0.489 e. The number of aromatic nitrogens is 1. The van der Waals surface area contributed by atoms with E-state index >= 15 is 0 Å². The lowest BCUT2D eigenvalue weighted by molar-refractivity contribution is -0.121. The Morgan fingerprint density at radius 3 is 2.68 bits per heavy atom. The number of para-hydroxylation sites is 1. The van der Waals surface area contributed by atoms with Crippen LogP contribution in [0.15, 0.2) is 79.0 Å². The number of morpholine rings is 1. The molecule has 0 aliphatic carbocycles. The first-order chi connectivity index (χ1) is 18.7. The molecule has 1 aromatic heterocycles. The first kappa shape index (κ1) is 26.0. The zero-order valence-electron chi connectivity index (χ0n) is 22.1. The molecule has 1 aliphatic heterocycles. The summed E-state index contributed by atoms with van der Waals surface area (Å²) >= 11 is 0. The summed E-state index contributed by atoms with van der Waals surface area (Å²) in [6.07, 6.45) is 3.40. The van der Waals surface area contributed by atoms with E-state index < -0.39 is 0 Å². The topological polar surface area (TPSA) is 66.6 Å². The van der Waals surface area contributed by atoms with Gasteiger partial charge in [0.2, 0.25) is 5.91 Å². The summed E-state index contributed by atoms with van der Waals surface area (Å²) in [7, 11) is 0. The molecule has 5 rings (SSSR count). The molecule has 0 spiro atoms. The quantitative estimate of drug-likeness (QED) is 0.288. The van der Waals surface area contributed by atoms with Crippen molar-refractivity contribution in [3.8, 4) is 5.75 Å². The molecule has 6 heteroatoms. The summed E-state index contributed by atoms with van der Waals surface area (Å²) in [5.41, 5.74) is 5.76. The summed E-state index contributed by atoms with van der Waals surface area (Å²) < 4.78 is 11.6. The van der Waals surface area contributed by atoms with Gasteiger partial charge in [-0.1, -0.05) is 67.6 Å². The second-order valence-corrected chi connectivity index (χ2v) is 9.84. The van der Waals surface area contributed by atoms with Crippen LogP contribution in [0.3, 0.4) is 0 Å². The summed E-state index contributed by atoms with van der Waals surface area (Å²) in [4.78, 5) is 19.1. The van der Waals surface area contributed by atoms with E-state index in [1.54, 1.807) is 0 Å². The number of aromatic amines is 1. The third-order valence-electron chi connectivity index (χ3n) is 7.34. The fourth-order valence-corrected chi connectivity index (χ4v) is 5.23. The minimum atomic E-state index is -0.0977. The van der Waals surface area contributed by atoms with Gasteiger partial charge in [0.05, 0.1) is 13.2 Å². The smallest absolute Gasteiger partial charge is 0.220 e. The van der Waals surface area contributed by atoms with E-state index in [9.17, 15) is 4.79 Å². The van der Waals surface area contributed by atoms with Crippen LogP contribution in [0, 0.1) is 0 Å². The fourth-order valence-electron chi connectivity index (χ4n) is 5.23. The highest BCUT2D eigenvalue weighted by molar-refractivity contribution is 5.88. The maximum atomic E-state index is 13.2. The van der Waals surface area contributed by atoms with Gasteiger partial charge < -0.3 is 19.8 Å². The number of carbonyl (C=O) groups is 1. The Hall–Kier alpha value is -3.61. The Morgan fingerprint density at radius 2 is 1.87 bits per heavy atom. The van der Waals surface area contributed by atoms with E-state index in [1.807, 2.05) is 30.3 Å². The molecule has 198 valence electrons. The number of hydrogen-bond donors (Lipinski definition) is 2. The molecule has 0 saturated carbocycles. The maximum absolute atomic E-state index is 13.2.